The van der Waals surface area contributed by atoms with Crippen molar-refractivity contribution in [3.63, 3.8) is 0 Å². The summed E-state index contributed by atoms with van der Waals surface area (Å²) in [4.78, 5) is 16.7. The number of thiazole rings is 1. The van der Waals surface area contributed by atoms with Gasteiger partial charge in [-0.2, -0.15) is 0 Å². The predicted octanol–water partition coefficient (Wildman–Crippen LogP) is 3.27. The molecule has 2 heterocycles. The summed E-state index contributed by atoms with van der Waals surface area (Å²) in [6.45, 7) is 0. The van der Waals surface area contributed by atoms with Gasteiger partial charge >= 0.3 is 5.63 Å². The molecule has 7 heteroatoms. The number of nitrogens with zero attached hydrogens (tertiary/aromatic N) is 1. The maximum atomic E-state index is 12.1. The highest BCUT2D eigenvalue weighted by molar-refractivity contribution is 9.10. The van der Waals surface area contributed by atoms with E-state index in [-0.39, 0.29) is 0 Å². The summed E-state index contributed by atoms with van der Waals surface area (Å²) in [5.41, 5.74) is 6.01. The Morgan fingerprint density at radius 1 is 1.40 bits per heavy atom. The van der Waals surface area contributed by atoms with Crippen LogP contribution in [-0.2, 0) is 0 Å². The van der Waals surface area contributed by atoms with Gasteiger partial charge in [0, 0.05) is 16.1 Å². The summed E-state index contributed by atoms with van der Waals surface area (Å²) < 4.78 is 11.4. The summed E-state index contributed by atoms with van der Waals surface area (Å²) in [5, 5.41) is 1.17. The van der Waals surface area contributed by atoms with Crippen LogP contribution in [-0.4, -0.2) is 12.1 Å². The first-order chi connectivity index (χ1) is 9.58. The van der Waals surface area contributed by atoms with Crippen LogP contribution >= 0.6 is 27.3 Å². The highest BCUT2D eigenvalue weighted by Crippen LogP contribution is 2.32. The van der Waals surface area contributed by atoms with Crippen molar-refractivity contribution in [2.75, 3.05) is 12.8 Å². The second kappa shape index (κ2) is 4.92. The quantitative estimate of drug-likeness (QED) is 0.716. The van der Waals surface area contributed by atoms with Gasteiger partial charge in [-0.25, -0.2) is 9.78 Å². The first-order valence-corrected chi connectivity index (χ1v) is 7.22. The van der Waals surface area contributed by atoms with Gasteiger partial charge in [0.1, 0.15) is 0 Å². The molecule has 0 amide bonds. The lowest BCUT2D eigenvalue weighted by Gasteiger charge is -2.06. The zero-order chi connectivity index (χ0) is 14.3. The van der Waals surface area contributed by atoms with Gasteiger partial charge in [-0.1, -0.05) is 27.3 Å². The highest BCUT2D eigenvalue weighted by atomic mass is 79.9. The molecular weight excluding hydrogens is 344 g/mol. The number of aromatic nitrogens is 1. The number of halogens is 1. The lowest BCUT2D eigenvalue weighted by molar-refractivity contribution is 0.406. The van der Waals surface area contributed by atoms with Crippen LogP contribution < -0.4 is 16.1 Å². The van der Waals surface area contributed by atoms with E-state index in [4.69, 9.17) is 14.9 Å². The molecule has 5 nitrogen and oxygen atoms in total. The van der Waals surface area contributed by atoms with Gasteiger partial charge in [-0.05, 0) is 18.2 Å². The molecule has 20 heavy (non-hydrogen) atoms. The molecule has 0 aliphatic carbocycles. The number of ether oxygens (including phenoxy) is 1. The minimum atomic E-state index is -0.443. The summed E-state index contributed by atoms with van der Waals surface area (Å²) in [5.74, 6) is 0.502. The van der Waals surface area contributed by atoms with Gasteiger partial charge in [0.25, 0.3) is 0 Å². The molecule has 0 saturated carbocycles. The Balaban J connectivity index is 2.31. The monoisotopic (exact) mass is 352 g/mol. The molecule has 1 aromatic carbocycles. The van der Waals surface area contributed by atoms with Crippen LogP contribution in [0.4, 0.5) is 5.13 Å². The Hall–Kier alpha value is -1.86. The number of methoxy groups -OCH3 is 1. The maximum absolute atomic E-state index is 12.1. The van der Waals surface area contributed by atoms with Crippen molar-refractivity contribution in [1.82, 2.24) is 4.98 Å². The molecule has 102 valence electrons. The number of benzene rings is 1. The van der Waals surface area contributed by atoms with E-state index in [0.717, 1.165) is 9.86 Å². The fraction of sp³-hybridized carbons (Fsp3) is 0.0769. The van der Waals surface area contributed by atoms with Gasteiger partial charge < -0.3 is 14.9 Å². The van der Waals surface area contributed by atoms with Gasteiger partial charge in [-0.3, -0.25) is 0 Å². The molecule has 0 radical (unpaired) electrons. The van der Waals surface area contributed by atoms with Crippen molar-refractivity contribution in [2.45, 2.75) is 0 Å². The normalized spacial score (nSPS) is 10.9. The zero-order valence-corrected chi connectivity index (χ0v) is 12.7. The Morgan fingerprint density at radius 2 is 2.20 bits per heavy atom. The summed E-state index contributed by atoms with van der Waals surface area (Å²) in [6, 6.07) is 5.35. The SMILES string of the molecule is COc1cc(Br)cc2cc(-c3cnc(N)s3)c(=O)oc12. The average molecular weight is 353 g/mol. The third-order valence-electron chi connectivity index (χ3n) is 2.77. The van der Waals surface area contributed by atoms with Crippen LogP contribution in [0, 0.1) is 0 Å². The van der Waals surface area contributed by atoms with Gasteiger partial charge in [-0.15, -0.1) is 0 Å². The first kappa shape index (κ1) is 13.1. The maximum Gasteiger partial charge on any atom is 0.345 e. The number of anilines is 1. The average Bonchev–Trinajstić information content (AvgIpc) is 2.84. The number of rotatable bonds is 2. The van der Waals surface area contributed by atoms with Crippen molar-refractivity contribution < 1.29 is 9.15 Å². The Bertz CT molecular complexity index is 856. The minimum absolute atomic E-state index is 0.409. The predicted molar refractivity (Wildman–Crippen MR) is 82.3 cm³/mol. The summed E-state index contributed by atoms with van der Waals surface area (Å²) in [6.07, 6.45) is 1.56. The summed E-state index contributed by atoms with van der Waals surface area (Å²) >= 11 is 4.64. The fourth-order valence-electron chi connectivity index (χ4n) is 1.90. The molecule has 0 aliphatic heterocycles. The Morgan fingerprint density at radius 3 is 2.85 bits per heavy atom. The van der Waals surface area contributed by atoms with E-state index in [1.54, 1.807) is 18.3 Å². The number of hydrogen-bond acceptors (Lipinski definition) is 6. The molecule has 3 rings (SSSR count). The second-order valence-corrected chi connectivity index (χ2v) is 6.01. The molecular formula is C13H9BrN2O3S. The largest absolute Gasteiger partial charge is 0.493 e. The smallest absolute Gasteiger partial charge is 0.345 e. The number of nitrogens with two attached hydrogens (primary N) is 1. The van der Waals surface area contributed by atoms with Gasteiger partial charge in [0.05, 0.1) is 17.6 Å². The lowest BCUT2D eigenvalue weighted by atomic mass is 10.1. The van der Waals surface area contributed by atoms with E-state index in [1.807, 2.05) is 6.07 Å². The Labute approximate surface area is 126 Å². The second-order valence-electron chi connectivity index (χ2n) is 4.04. The topological polar surface area (TPSA) is 78.4 Å². The molecule has 0 bridgehead atoms. The highest BCUT2D eigenvalue weighted by Gasteiger charge is 2.13. The third-order valence-corrected chi connectivity index (χ3v) is 4.09. The minimum Gasteiger partial charge on any atom is -0.493 e. The fourth-order valence-corrected chi connectivity index (χ4v) is 3.05. The van der Waals surface area contributed by atoms with Gasteiger partial charge in [0.2, 0.25) is 0 Å². The molecule has 0 aliphatic rings. The molecule has 0 fully saturated rings. The van der Waals surface area contributed by atoms with Crippen molar-refractivity contribution in [3.05, 3.63) is 39.3 Å². The van der Waals surface area contributed by atoms with Crippen LogP contribution in [0.15, 0.2) is 38.1 Å². The molecule has 2 aromatic heterocycles. The van der Waals surface area contributed by atoms with Crippen molar-refractivity contribution in [2.24, 2.45) is 0 Å². The Kier molecular flexibility index (Phi) is 3.23. The number of fused-ring (bicyclic) bond motifs is 1. The third kappa shape index (κ3) is 2.19. The molecule has 0 spiro atoms. The number of hydrogen-bond donors (Lipinski definition) is 1. The van der Waals surface area contributed by atoms with Crippen molar-refractivity contribution in [1.29, 1.82) is 0 Å². The van der Waals surface area contributed by atoms with E-state index in [9.17, 15) is 4.79 Å². The van der Waals surface area contributed by atoms with Crippen LogP contribution in [0.25, 0.3) is 21.4 Å². The number of nitrogen functional groups attached to an aromatic ring is 1. The van der Waals surface area contributed by atoms with E-state index in [1.165, 1.54) is 18.4 Å². The molecule has 0 unspecified atom stereocenters. The molecule has 3 aromatic rings. The van der Waals surface area contributed by atoms with E-state index < -0.39 is 5.63 Å². The molecule has 0 atom stereocenters. The van der Waals surface area contributed by atoms with Crippen molar-refractivity contribution >= 4 is 43.4 Å². The standard InChI is InChI=1S/C13H9BrN2O3S/c1-18-9-4-7(14)2-6-3-8(12(17)19-11(6)9)10-5-16-13(15)20-10/h2-5H,1H3,(H2,15,16). The van der Waals surface area contributed by atoms with E-state index in [2.05, 4.69) is 20.9 Å². The first-order valence-electron chi connectivity index (χ1n) is 5.61. The zero-order valence-electron chi connectivity index (χ0n) is 10.3. The van der Waals surface area contributed by atoms with Gasteiger partial charge in [0.15, 0.2) is 16.5 Å². The van der Waals surface area contributed by atoms with Crippen LogP contribution in [0.3, 0.4) is 0 Å². The van der Waals surface area contributed by atoms with E-state index in [0.29, 0.717) is 26.9 Å². The van der Waals surface area contributed by atoms with E-state index >= 15 is 0 Å². The molecule has 0 saturated heterocycles. The lowest BCUT2D eigenvalue weighted by Crippen LogP contribution is -2.02. The molecule has 2 N–H and O–H groups in total. The van der Waals surface area contributed by atoms with Crippen LogP contribution in [0.5, 0.6) is 5.75 Å². The van der Waals surface area contributed by atoms with Crippen LogP contribution in [0.2, 0.25) is 0 Å². The van der Waals surface area contributed by atoms with Crippen LogP contribution in [0.1, 0.15) is 0 Å². The van der Waals surface area contributed by atoms with Crippen molar-refractivity contribution in [3.8, 4) is 16.2 Å². The summed E-state index contributed by atoms with van der Waals surface area (Å²) in [7, 11) is 1.53.